The highest BCUT2D eigenvalue weighted by Gasteiger charge is 2.09. The summed E-state index contributed by atoms with van der Waals surface area (Å²) in [5.74, 6) is 0.334. The Morgan fingerprint density at radius 1 is 1.38 bits per heavy atom. The lowest BCUT2D eigenvalue weighted by molar-refractivity contribution is 0.436. The van der Waals surface area contributed by atoms with Crippen LogP contribution in [0.15, 0.2) is 28.9 Å². The van der Waals surface area contributed by atoms with E-state index in [1.165, 1.54) is 0 Å². The smallest absolute Gasteiger partial charge is 0.229 e. The molecular weight excluding hydrogens is 204 g/mol. The van der Waals surface area contributed by atoms with Crippen molar-refractivity contribution in [3.8, 4) is 11.1 Å². The summed E-state index contributed by atoms with van der Waals surface area (Å²) in [4.78, 5) is 0. The maximum Gasteiger partial charge on any atom is 0.229 e. The first-order valence-corrected chi connectivity index (χ1v) is 4.91. The summed E-state index contributed by atoms with van der Waals surface area (Å²) in [6.07, 6.45) is 1.62. The van der Waals surface area contributed by atoms with E-state index >= 15 is 0 Å². The molecule has 2 aromatic heterocycles. The van der Waals surface area contributed by atoms with Crippen LogP contribution in [0.5, 0.6) is 0 Å². The van der Waals surface area contributed by atoms with Crippen LogP contribution in [-0.2, 0) is 0 Å². The first-order valence-electron chi connectivity index (χ1n) is 4.91. The second kappa shape index (κ2) is 3.10. The molecule has 0 saturated heterocycles. The van der Waals surface area contributed by atoms with Crippen molar-refractivity contribution in [1.29, 1.82) is 0 Å². The highest BCUT2D eigenvalue weighted by atomic mass is 16.5. The minimum absolute atomic E-state index is 0.334. The SMILES string of the molecule is Cc1[nH]nc2ccc(-c3cnoc3N)cc12. The zero-order valence-corrected chi connectivity index (χ0v) is 8.69. The van der Waals surface area contributed by atoms with Crippen LogP contribution in [0.4, 0.5) is 5.88 Å². The van der Waals surface area contributed by atoms with E-state index < -0.39 is 0 Å². The number of anilines is 1. The average molecular weight is 214 g/mol. The molecule has 0 radical (unpaired) electrons. The number of rotatable bonds is 1. The van der Waals surface area contributed by atoms with E-state index in [1.807, 2.05) is 25.1 Å². The molecule has 0 aliphatic rings. The first kappa shape index (κ1) is 8.96. The number of hydrogen-bond donors (Lipinski definition) is 2. The normalized spacial score (nSPS) is 11.1. The van der Waals surface area contributed by atoms with Crippen molar-refractivity contribution in [1.82, 2.24) is 15.4 Å². The molecule has 0 atom stereocenters. The molecule has 0 unspecified atom stereocenters. The van der Waals surface area contributed by atoms with Gasteiger partial charge in [-0.25, -0.2) is 0 Å². The number of fused-ring (bicyclic) bond motifs is 1. The van der Waals surface area contributed by atoms with Crippen LogP contribution in [0.1, 0.15) is 5.69 Å². The Balaban J connectivity index is 2.25. The number of aromatic nitrogens is 3. The number of nitrogens with two attached hydrogens (primary N) is 1. The third-order valence-electron chi connectivity index (χ3n) is 2.65. The van der Waals surface area contributed by atoms with Gasteiger partial charge < -0.3 is 10.3 Å². The van der Waals surface area contributed by atoms with E-state index in [9.17, 15) is 0 Å². The van der Waals surface area contributed by atoms with Gasteiger partial charge in [0.2, 0.25) is 5.88 Å². The zero-order chi connectivity index (χ0) is 11.1. The summed E-state index contributed by atoms with van der Waals surface area (Å²) in [5, 5.41) is 11.9. The summed E-state index contributed by atoms with van der Waals surface area (Å²) in [6.45, 7) is 1.98. The van der Waals surface area contributed by atoms with Crippen LogP contribution in [0.2, 0.25) is 0 Å². The molecule has 5 nitrogen and oxygen atoms in total. The Hall–Kier alpha value is -2.30. The van der Waals surface area contributed by atoms with Gasteiger partial charge in [-0.15, -0.1) is 0 Å². The topological polar surface area (TPSA) is 80.7 Å². The van der Waals surface area contributed by atoms with E-state index in [0.29, 0.717) is 5.88 Å². The maximum atomic E-state index is 5.68. The minimum atomic E-state index is 0.334. The molecule has 5 heteroatoms. The quantitative estimate of drug-likeness (QED) is 0.650. The molecule has 0 aliphatic heterocycles. The molecule has 0 aliphatic carbocycles. The third kappa shape index (κ3) is 1.18. The highest BCUT2D eigenvalue weighted by molar-refractivity contribution is 5.87. The van der Waals surface area contributed by atoms with E-state index in [0.717, 1.165) is 27.7 Å². The number of nitrogen functional groups attached to an aromatic ring is 1. The van der Waals surface area contributed by atoms with Crippen molar-refractivity contribution >= 4 is 16.8 Å². The van der Waals surface area contributed by atoms with Crippen molar-refractivity contribution in [2.45, 2.75) is 6.92 Å². The second-order valence-electron chi connectivity index (χ2n) is 3.68. The monoisotopic (exact) mass is 214 g/mol. The van der Waals surface area contributed by atoms with Crippen molar-refractivity contribution in [2.75, 3.05) is 5.73 Å². The fourth-order valence-electron chi connectivity index (χ4n) is 1.77. The van der Waals surface area contributed by atoms with E-state index in [-0.39, 0.29) is 0 Å². The van der Waals surface area contributed by atoms with E-state index in [4.69, 9.17) is 10.3 Å². The third-order valence-corrected chi connectivity index (χ3v) is 2.65. The fraction of sp³-hybridized carbons (Fsp3) is 0.0909. The van der Waals surface area contributed by atoms with Gasteiger partial charge in [-0.2, -0.15) is 5.10 Å². The number of aryl methyl sites for hydroxylation is 1. The Morgan fingerprint density at radius 2 is 2.25 bits per heavy atom. The fourth-order valence-corrected chi connectivity index (χ4v) is 1.77. The molecule has 3 aromatic rings. The summed E-state index contributed by atoms with van der Waals surface area (Å²) in [5.41, 5.74) is 9.44. The van der Waals surface area contributed by atoms with Gasteiger partial charge >= 0.3 is 0 Å². The maximum absolute atomic E-state index is 5.68. The molecule has 0 amide bonds. The second-order valence-corrected chi connectivity index (χ2v) is 3.68. The zero-order valence-electron chi connectivity index (χ0n) is 8.69. The molecule has 80 valence electrons. The van der Waals surface area contributed by atoms with Crippen molar-refractivity contribution in [3.05, 3.63) is 30.1 Å². The molecule has 0 spiro atoms. The average Bonchev–Trinajstić information content (AvgIpc) is 2.86. The predicted molar refractivity (Wildman–Crippen MR) is 60.7 cm³/mol. The van der Waals surface area contributed by atoms with Crippen molar-refractivity contribution in [3.63, 3.8) is 0 Å². The van der Waals surface area contributed by atoms with Crippen LogP contribution in [0.25, 0.3) is 22.0 Å². The standard InChI is InChI=1S/C11H10N4O/c1-6-8-4-7(2-3-10(8)15-14-6)9-5-13-16-11(9)12/h2-5H,12H2,1H3,(H,14,15). The molecule has 3 N–H and O–H groups in total. The first-order chi connectivity index (χ1) is 7.75. The summed E-state index contributed by atoms with van der Waals surface area (Å²) < 4.78 is 4.85. The van der Waals surface area contributed by atoms with Gasteiger partial charge in [-0.05, 0) is 24.6 Å². The van der Waals surface area contributed by atoms with Crippen LogP contribution < -0.4 is 5.73 Å². The lowest BCUT2D eigenvalue weighted by Gasteiger charge is -1.98. The Bertz CT molecular complexity index is 653. The number of benzene rings is 1. The molecular formula is C11H10N4O. The number of hydrogen-bond acceptors (Lipinski definition) is 4. The lowest BCUT2D eigenvalue weighted by Crippen LogP contribution is -1.84. The lowest BCUT2D eigenvalue weighted by atomic mass is 10.1. The van der Waals surface area contributed by atoms with Crippen molar-refractivity contribution in [2.24, 2.45) is 0 Å². The van der Waals surface area contributed by atoms with Gasteiger partial charge in [-0.1, -0.05) is 11.2 Å². The Labute approximate surface area is 91.2 Å². The molecule has 1 aromatic carbocycles. The number of aromatic amines is 1. The minimum Gasteiger partial charge on any atom is -0.367 e. The number of nitrogens with one attached hydrogen (secondary N) is 1. The predicted octanol–water partition coefficient (Wildman–Crippen LogP) is 2.11. The Kier molecular flexibility index (Phi) is 1.73. The molecule has 0 fully saturated rings. The Morgan fingerprint density at radius 3 is 3.00 bits per heavy atom. The van der Waals surface area contributed by atoms with Crippen molar-refractivity contribution < 1.29 is 4.52 Å². The van der Waals surface area contributed by atoms with Gasteiger partial charge in [0.15, 0.2) is 0 Å². The number of H-pyrrole nitrogens is 1. The largest absolute Gasteiger partial charge is 0.367 e. The molecule has 0 bridgehead atoms. The number of nitrogens with zero attached hydrogens (tertiary/aromatic N) is 2. The van der Waals surface area contributed by atoms with E-state index in [2.05, 4.69) is 15.4 Å². The van der Waals surface area contributed by atoms with Gasteiger partial charge in [0.05, 0.1) is 17.3 Å². The van der Waals surface area contributed by atoms with Crippen LogP contribution >= 0.6 is 0 Å². The van der Waals surface area contributed by atoms with Gasteiger partial charge in [0.25, 0.3) is 0 Å². The molecule has 2 heterocycles. The molecule has 0 saturated carbocycles. The van der Waals surface area contributed by atoms with Crippen LogP contribution in [-0.4, -0.2) is 15.4 Å². The summed E-state index contributed by atoms with van der Waals surface area (Å²) in [6, 6.07) is 5.92. The van der Waals surface area contributed by atoms with Gasteiger partial charge in [-0.3, -0.25) is 5.10 Å². The highest BCUT2D eigenvalue weighted by Crippen LogP contribution is 2.28. The summed E-state index contributed by atoms with van der Waals surface area (Å²) >= 11 is 0. The van der Waals surface area contributed by atoms with Gasteiger partial charge in [0.1, 0.15) is 0 Å². The van der Waals surface area contributed by atoms with E-state index in [1.54, 1.807) is 6.20 Å². The van der Waals surface area contributed by atoms with Gasteiger partial charge in [0, 0.05) is 11.1 Å². The molecule has 16 heavy (non-hydrogen) atoms. The van der Waals surface area contributed by atoms with Crippen LogP contribution in [0.3, 0.4) is 0 Å². The summed E-state index contributed by atoms with van der Waals surface area (Å²) in [7, 11) is 0. The molecule has 3 rings (SSSR count). The van der Waals surface area contributed by atoms with Crippen LogP contribution in [0, 0.1) is 6.92 Å².